The Morgan fingerprint density at radius 2 is 1.91 bits per heavy atom. The number of carbonyl (C=O) groups excluding carboxylic acids is 1. The molecule has 1 aliphatic rings. The minimum absolute atomic E-state index is 0.0411. The van der Waals surface area contributed by atoms with Gasteiger partial charge in [0.25, 0.3) is 5.69 Å². The SMILES string of the molecule is CCOc1cccc(C2C(C#N)=C(N)Oc3cc(OC(=O)c4ccc([N+](=O)[O-])cc4)ccc32)c1. The summed E-state index contributed by atoms with van der Waals surface area (Å²) in [6, 6.07) is 19.4. The smallest absolute Gasteiger partial charge is 0.343 e. The third-order valence-corrected chi connectivity index (χ3v) is 5.22. The van der Waals surface area contributed by atoms with E-state index in [1.54, 1.807) is 12.1 Å². The lowest BCUT2D eigenvalue weighted by Crippen LogP contribution is -2.21. The Balaban J connectivity index is 1.65. The molecule has 0 spiro atoms. The first kappa shape index (κ1) is 22.4. The van der Waals surface area contributed by atoms with Crippen molar-refractivity contribution in [2.24, 2.45) is 5.73 Å². The van der Waals surface area contributed by atoms with Gasteiger partial charge in [0.2, 0.25) is 5.88 Å². The number of hydrogen-bond donors (Lipinski definition) is 1. The fourth-order valence-corrected chi connectivity index (χ4v) is 3.68. The number of nitrogens with zero attached hydrogens (tertiary/aromatic N) is 2. The monoisotopic (exact) mass is 457 g/mol. The summed E-state index contributed by atoms with van der Waals surface area (Å²) < 4.78 is 16.7. The number of hydrogen-bond acceptors (Lipinski definition) is 8. The minimum atomic E-state index is -0.687. The number of benzene rings is 3. The number of allylic oxidation sites excluding steroid dienone is 1. The second-order valence-electron chi connectivity index (χ2n) is 7.32. The molecule has 2 N–H and O–H groups in total. The number of nitro benzene ring substituents is 1. The summed E-state index contributed by atoms with van der Waals surface area (Å²) in [5, 5.41) is 20.5. The summed E-state index contributed by atoms with van der Waals surface area (Å²) >= 11 is 0. The molecule has 3 aromatic carbocycles. The van der Waals surface area contributed by atoms with Crippen LogP contribution >= 0.6 is 0 Å². The molecule has 1 aliphatic heterocycles. The van der Waals surface area contributed by atoms with Crippen molar-refractivity contribution in [3.05, 3.63) is 105 Å². The number of carbonyl (C=O) groups is 1. The molecule has 9 heteroatoms. The number of nitrogens with two attached hydrogens (primary N) is 1. The van der Waals surface area contributed by atoms with Crippen LogP contribution in [-0.4, -0.2) is 17.5 Å². The second-order valence-corrected chi connectivity index (χ2v) is 7.32. The largest absolute Gasteiger partial charge is 0.494 e. The van der Waals surface area contributed by atoms with Crippen molar-refractivity contribution in [3.63, 3.8) is 0 Å². The van der Waals surface area contributed by atoms with Gasteiger partial charge in [0.15, 0.2) is 0 Å². The van der Waals surface area contributed by atoms with E-state index in [1.165, 1.54) is 30.3 Å². The van der Waals surface area contributed by atoms with E-state index < -0.39 is 16.8 Å². The quantitative estimate of drug-likeness (QED) is 0.248. The van der Waals surface area contributed by atoms with Crippen LogP contribution in [0.25, 0.3) is 0 Å². The lowest BCUT2D eigenvalue weighted by Gasteiger charge is -2.27. The lowest BCUT2D eigenvalue weighted by atomic mass is 9.83. The molecule has 0 aromatic heterocycles. The van der Waals surface area contributed by atoms with Crippen LogP contribution in [0.3, 0.4) is 0 Å². The summed E-state index contributed by atoms with van der Waals surface area (Å²) in [6.45, 7) is 2.38. The summed E-state index contributed by atoms with van der Waals surface area (Å²) in [5.74, 6) is -0.0194. The van der Waals surface area contributed by atoms with E-state index in [9.17, 15) is 20.2 Å². The topological polar surface area (TPSA) is 138 Å². The zero-order valence-corrected chi connectivity index (χ0v) is 18.1. The molecule has 0 saturated heterocycles. The molecule has 0 aliphatic carbocycles. The highest BCUT2D eigenvalue weighted by molar-refractivity contribution is 5.91. The summed E-state index contributed by atoms with van der Waals surface area (Å²) in [7, 11) is 0. The van der Waals surface area contributed by atoms with Gasteiger partial charge in [-0.15, -0.1) is 0 Å². The van der Waals surface area contributed by atoms with Gasteiger partial charge in [0.1, 0.15) is 28.9 Å². The van der Waals surface area contributed by atoms with Gasteiger partial charge >= 0.3 is 5.97 Å². The number of nitriles is 1. The molecule has 9 nitrogen and oxygen atoms in total. The van der Waals surface area contributed by atoms with Crippen molar-refractivity contribution in [2.75, 3.05) is 6.61 Å². The van der Waals surface area contributed by atoms with Crippen molar-refractivity contribution in [3.8, 4) is 23.3 Å². The second kappa shape index (κ2) is 9.34. The Bertz CT molecular complexity index is 1340. The zero-order valence-electron chi connectivity index (χ0n) is 18.1. The fourth-order valence-electron chi connectivity index (χ4n) is 3.68. The van der Waals surface area contributed by atoms with Crippen molar-refractivity contribution in [2.45, 2.75) is 12.8 Å². The van der Waals surface area contributed by atoms with Gasteiger partial charge in [-0.1, -0.05) is 18.2 Å². The first-order chi connectivity index (χ1) is 16.4. The standard InChI is InChI=1S/C25H19N3O6/c1-2-32-18-5-3-4-16(12-18)23-20-11-10-19(13-22(20)34-24(27)21(23)14-26)33-25(29)15-6-8-17(9-7-15)28(30)31/h3-13,23H,2,27H2,1H3. The number of rotatable bonds is 6. The third kappa shape index (κ3) is 4.38. The summed E-state index contributed by atoms with van der Waals surface area (Å²) in [4.78, 5) is 22.7. The molecule has 0 amide bonds. The number of non-ortho nitro benzene ring substituents is 1. The number of nitro groups is 1. The number of fused-ring (bicyclic) bond motifs is 1. The van der Waals surface area contributed by atoms with E-state index in [-0.39, 0.29) is 28.5 Å². The van der Waals surface area contributed by atoms with Crippen molar-refractivity contribution in [1.29, 1.82) is 5.26 Å². The maximum atomic E-state index is 12.5. The van der Waals surface area contributed by atoms with Gasteiger partial charge in [-0.25, -0.2) is 4.79 Å². The molecule has 0 bridgehead atoms. The van der Waals surface area contributed by atoms with Crippen LogP contribution in [-0.2, 0) is 0 Å². The van der Waals surface area contributed by atoms with Crippen LogP contribution in [0.2, 0.25) is 0 Å². The number of esters is 1. The molecule has 170 valence electrons. The molecule has 1 unspecified atom stereocenters. The molecular weight excluding hydrogens is 438 g/mol. The summed E-state index contributed by atoms with van der Waals surface area (Å²) in [5.41, 5.74) is 7.81. The highest BCUT2D eigenvalue weighted by Gasteiger charge is 2.31. The molecular formula is C25H19N3O6. The van der Waals surface area contributed by atoms with E-state index in [2.05, 4.69) is 6.07 Å². The van der Waals surface area contributed by atoms with Crippen LogP contribution in [0.5, 0.6) is 17.2 Å². The fraction of sp³-hybridized carbons (Fsp3) is 0.120. The van der Waals surface area contributed by atoms with E-state index in [0.717, 1.165) is 5.56 Å². The van der Waals surface area contributed by atoms with Crippen molar-refractivity contribution in [1.82, 2.24) is 0 Å². The van der Waals surface area contributed by atoms with Gasteiger partial charge in [0, 0.05) is 23.8 Å². The molecule has 34 heavy (non-hydrogen) atoms. The van der Waals surface area contributed by atoms with Crippen molar-refractivity contribution >= 4 is 11.7 Å². The van der Waals surface area contributed by atoms with E-state index in [0.29, 0.717) is 23.7 Å². The number of ether oxygens (including phenoxy) is 3. The van der Waals surface area contributed by atoms with Crippen LogP contribution in [0, 0.1) is 21.4 Å². The van der Waals surface area contributed by atoms with Gasteiger partial charge in [-0.3, -0.25) is 10.1 Å². The highest BCUT2D eigenvalue weighted by atomic mass is 16.6. The Hall–Kier alpha value is -4.84. The Labute approximate surface area is 194 Å². The van der Waals surface area contributed by atoms with Crippen LogP contribution in [0.4, 0.5) is 5.69 Å². The van der Waals surface area contributed by atoms with Crippen LogP contribution in [0.15, 0.2) is 78.2 Å². The molecule has 1 atom stereocenters. The predicted molar refractivity (Wildman–Crippen MR) is 121 cm³/mol. The average molecular weight is 457 g/mol. The highest BCUT2D eigenvalue weighted by Crippen LogP contribution is 2.44. The zero-order chi connectivity index (χ0) is 24.2. The Morgan fingerprint density at radius 1 is 1.15 bits per heavy atom. The molecule has 0 saturated carbocycles. The maximum Gasteiger partial charge on any atom is 0.343 e. The molecule has 1 heterocycles. The van der Waals surface area contributed by atoms with E-state index in [4.69, 9.17) is 19.9 Å². The van der Waals surface area contributed by atoms with Gasteiger partial charge < -0.3 is 19.9 Å². The first-order valence-electron chi connectivity index (χ1n) is 10.3. The van der Waals surface area contributed by atoms with Gasteiger partial charge in [-0.2, -0.15) is 5.26 Å². The predicted octanol–water partition coefficient (Wildman–Crippen LogP) is 4.43. The first-order valence-corrected chi connectivity index (χ1v) is 10.3. The average Bonchev–Trinajstić information content (AvgIpc) is 2.83. The lowest BCUT2D eigenvalue weighted by molar-refractivity contribution is -0.384. The van der Waals surface area contributed by atoms with Crippen LogP contribution < -0.4 is 19.9 Å². The van der Waals surface area contributed by atoms with Gasteiger partial charge in [-0.05, 0) is 42.8 Å². The molecule has 0 radical (unpaired) electrons. The minimum Gasteiger partial charge on any atom is -0.494 e. The van der Waals surface area contributed by atoms with E-state index >= 15 is 0 Å². The molecule has 3 aromatic rings. The molecule has 0 fully saturated rings. The van der Waals surface area contributed by atoms with E-state index in [1.807, 2.05) is 31.2 Å². The van der Waals surface area contributed by atoms with Crippen molar-refractivity contribution < 1.29 is 23.9 Å². The van der Waals surface area contributed by atoms with Gasteiger partial charge in [0.05, 0.1) is 23.0 Å². The summed E-state index contributed by atoms with van der Waals surface area (Å²) in [6.07, 6.45) is 0. The Morgan fingerprint density at radius 3 is 2.59 bits per heavy atom. The maximum absolute atomic E-state index is 12.5. The normalized spacial score (nSPS) is 14.4. The van der Waals surface area contributed by atoms with Crippen LogP contribution in [0.1, 0.15) is 34.3 Å². The molecule has 4 rings (SSSR count). The Kier molecular flexibility index (Phi) is 6.14. The third-order valence-electron chi connectivity index (χ3n) is 5.22.